The highest BCUT2D eigenvalue weighted by molar-refractivity contribution is 7.80. The van der Waals surface area contributed by atoms with E-state index >= 15 is 0 Å². The molecule has 1 fully saturated rings. The summed E-state index contributed by atoms with van der Waals surface area (Å²) >= 11 is 4.27. The maximum absolute atomic E-state index is 11.6. The third-order valence-electron chi connectivity index (χ3n) is 3.05. The molecule has 1 aliphatic carbocycles. The second-order valence-corrected chi connectivity index (χ2v) is 4.80. The molecule has 0 N–H and O–H groups in total. The van der Waals surface area contributed by atoms with Crippen LogP contribution in [0.2, 0.25) is 0 Å². The van der Waals surface area contributed by atoms with E-state index in [1.54, 1.807) is 0 Å². The Morgan fingerprint density at radius 3 is 2.56 bits per heavy atom. The molecule has 1 saturated carbocycles. The molecule has 1 aromatic carbocycles. The van der Waals surface area contributed by atoms with E-state index in [4.69, 9.17) is 4.74 Å². The molecule has 1 aromatic rings. The molecular weight excluding hydrogens is 220 g/mol. The molecule has 0 aromatic heterocycles. The standard InChI is InChI=1S/C13H16O2S/c14-12(8-13(10-16)6-7-13)15-9-11-4-2-1-3-5-11/h1-5,16H,6-10H2. The van der Waals surface area contributed by atoms with Gasteiger partial charge >= 0.3 is 5.97 Å². The van der Waals surface area contributed by atoms with Crippen molar-refractivity contribution < 1.29 is 9.53 Å². The molecular formula is C13H16O2S. The summed E-state index contributed by atoms with van der Waals surface area (Å²) in [6.45, 7) is 0.377. The normalized spacial score (nSPS) is 16.8. The molecule has 3 heteroatoms. The second-order valence-electron chi connectivity index (χ2n) is 4.48. The number of esters is 1. The van der Waals surface area contributed by atoms with Crippen LogP contribution in [0.4, 0.5) is 0 Å². The van der Waals surface area contributed by atoms with E-state index in [-0.39, 0.29) is 11.4 Å². The highest BCUT2D eigenvalue weighted by Crippen LogP contribution is 2.49. The first kappa shape index (κ1) is 11.5. The lowest BCUT2D eigenvalue weighted by atomic mass is 10.1. The number of carbonyl (C=O) groups is 1. The van der Waals surface area contributed by atoms with Gasteiger partial charge in [0.15, 0.2) is 0 Å². The molecule has 0 aliphatic heterocycles. The molecule has 0 atom stereocenters. The highest BCUT2D eigenvalue weighted by Gasteiger charge is 2.43. The molecule has 16 heavy (non-hydrogen) atoms. The third-order valence-corrected chi connectivity index (χ3v) is 3.73. The Bertz CT molecular complexity index is 357. The maximum atomic E-state index is 11.6. The molecule has 0 heterocycles. The van der Waals surface area contributed by atoms with Crippen LogP contribution in [0.15, 0.2) is 30.3 Å². The summed E-state index contributed by atoms with van der Waals surface area (Å²) < 4.78 is 5.23. The van der Waals surface area contributed by atoms with Crippen molar-refractivity contribution in [1.82, 2.24) is 0 Å². The number of carbonyl (C=O) groups excluding carboxylic acids is 1. The summed E-state index contributed by atoms with van der Waals surface area (Å²) in [5.74, 6) is 0.684. The number of hydrogen-bond donors (Lipinski definition) is 1. The number of thiol groups is 1. The van der Waals surface area contributed by atoms with E-state index in [1.807, 2.05) is 30.3 Å². The second kappa shape index (κ2) is 4.91. The fourth-order valence-corrected chi connectivity index (χ4v) is 2.09. The van der Waals surface area contributed by atoms with Gasteiger partial charge in [0.05, 0.1) is 6.42 Å². The Morgan fingerprint density at radius 2 is 2.00 bits per heavy atom. The molecule has 0 amide bonds. The molecule has 2 nitrogen and oxygen atoms in total. The van der Waals surface area contributed by atoms with Crippen LogP contribution in [-0.2, 0) is 16.1 Å². The third kappa shape index (κ3) is 3.01. The van der Waals surface area contributed by atoms with Gasteiger partial charge in [-0.3, -0.25) is 4.79 Å². The van der Waals surface area contributed by atoms with Gasteiger partial charge in [0.25, 0.3) is 0 Å². The Morgan fingerprint density at radius 1 is 1.31 bits per heavy atom. The topological polar surface area (TPSA) is 26.3 Å². The Hall–Kier alpha value is -0.960. The molecule has 1 aliphatic rings. The predicted octanol–water partition coefficient (Wildman–Crippen LogP) is 2.83. The lowest BCUT2D eigenvalue weighted by molar-refractivity contribution is -0.146. The number of ether oxygens (including phenoxy) is 1. The van der Waals surface area contributed by atoms with Crippen molar-refractivity contribution in [3.8, 4) is 0 Å². The minimum absolute atomic E-state index is 0.101. The minimum Gasteiger partial charge on any atom is -0.461 e. The summed E-state index contributed by atoms with van der Waals surface area (Å²) in [7, 11) is 0. The van der Waals surface area contributed by atoms with Gasteiger partial charge in [0, 0.05) is 0 Å². The quantitative estimate of drug-likeness (QED) is 0.628. The van der Waals surface area contributed by atoms with Gasteiger partial charge in [-0.25, -0.2) is 0 Å². The zero-order valence-corrected chi connectivity index (χ0v) is 10.1. The molecule has 86 valence electrons. The smallest absolute Gasteiger partial charge is 0.306 e. The molecule has 0 saturated heterocycles. The Labute approximate surface area is 101 Å². The summed E-state index contributed by atoms with van der Waals surface area (Å²) in [6.07, 6.45) is 2.73. The first-order valence-electron chi connectivity index (χ1n) is 5.55. The Balaban J connectivity index is 1.76. The SMILES string of the molecule is O=C(CC1(CS)CC1)OCc1ccccc1. The van der Waals surface area contributed by atoms with Gasteiger partial charge < -0.3 is 4.74 Å². The fraction of sp³-hybridized carbons (Fsp3) is 0.462. The molecule has 0 bridgehead atoms. The summed E-state index contributed by atoms with van der Waals surface area (Å²) in [5, 5.41) is 0. The first-order chi connectivity index (χ1) is 7.74. The summed E-state index contributed by atoms with van der Waals surface area (Å²) in [4.78, 5) is 11.6. The van der Waals surface area contributed by atoms with Crippen molar-refractivity contribution in [2.45, 2.75) is 25.9 Å². The molecule has 2 rings (SSSR count). The predicted molar refractivity (Wildman–Crippen MR) is 66.4 cm³/mol. The van der Waals surface area contributed by atoms with Crippen LogP contribution in [0, 0.1) is 5.41 Å². The minimum atomic E-state index is -0.101. The van der Waals surface area contributed by atoms with Gasteiger partial charge in [0.2, 0.25) is 0 Å². The zero-order chi connectivity index (χ0) is 11.4. The molecule has 0 unspecified atom stereocenters. The largest absolute Gasteiger partial charge is 0.461 e. The Kier molecular flexibility index (Phi) is 3.54. The maximum Gasteiger partial charge on any atom is 0.306 e. The van der Waals surface area contributed by atoms with Crippen LogP contribution in [0.1, 0.15) is 24.8 Å². The monoisotopic (exact) mass is 236 g/mol. The van der Waals surface area contributed by atoms with Crippen LogP contribution in [0.3, 0.4) is 0 Å². The average molecular weight is 236 g/mol. The van der Waals surface area contributed by atoms with Crippen molar-refractivity contribution >= 4 is 18.6 Å². The van der Waals surface area contributed by atoms with E-state index < -0.39 is 0 Å². The zero-order valence-electron chi connectivity index (χ0n) is 9.19. The average Bonchev–Trinajstić information content (AvgIpc) is 3.08. The lowest BCUT2D eigenvalue weighted by Crippen LogP contribution is -2.13. The van der Waals surface area contributed by atoms with Crippen molar-refractivity contribution in [3.05, 3.63) is 35.9 Å². The van der Waals surface area contributed by atoms with Crippen LogP contribution in [0.5, 0.6) is 0 Å². The van der Waals surface area contributed by atoms with Crippen molar-refractivity contribution in [2.24, 2.45) is 5.41 Å². The van der Waals surface area contributed by atoms with Gasteiger partial charge in [-0.2, -0.15) is 12.6 Å². The van der Waals surface area contributed by atoms with Crippen molar-refractivity contribution in [1.29, 1.82) is 0 Å². The fourth-order valence-electron chi connectivity index (χ4n) is 1.66. The first-order valence-corrected chi connectivity index (χ1v) is 6.18. The van der Waals surface area contributed by atoms with Crippen molar-refractivity contribution in [3.63, 3.8) is 0 Å². The van der Waals surface area contributed by atoms with Crippen LogP contribution in [-0.4, -0.2) is 11.7 Å². The lowest BCUT2D eigenvalue weighted by Gasteiger charge is -2.11. The number of hydrogen-bond acceptors (Lipinski definition) is 3. The van der Waals surface area contributed by atoms with Gasteiger partial charge in [-0.15, -0.1) is 0 Å². The molecule has 0 radical (unpaired) electrons. The van der Waals surface area contributed by atoms with E-state index in [9.17, 15) is 4.79 Å². The van der Waals surface area contributed by atoms with Crippen LogP contribution >= 0.6 is 12.6 Å². The number of rotatable bonds is 5. The van der Waals surface area contributed by atoms with Gasteiger partial charge in [-0.1, -0.05) is 30.3 Å². The molecule has 0 spiro atoms. The van der Waals surface area contributed by atoms with E-state index in [0.717, 1.165) is 24.2 Å². The van der Waals surface area contributed by atoms with E-state index in [1.165, 1.54) is 0 Å². The summed E-state index contributed by atoms with van der Waals surface area (Å²) in [5.41, 5.74) is 1.18. The van der Waals surface area contributed by atoms with E-state index in [0.29, 0.717) is 13.0 Å². The van der Waals surface area contributed by atoms with Crippen molar-refractivity contribution in [2.75, 3.05) is 5.75 Å². The van der Waals surface area contributed by atoms with Gasteiger partial charge in [0.1, 0.15) is 6.61 Å². The number of benzene rings is 1. The summed E-state index contributed by atoms with van der Waals surface area (Å²) in [6, 6.07) is 9.75. The van der Waals surface area contributed by atoms with Crippen LogP contribution in [0.25, 0.3) is 0 Å². The van der Waals surface area contributed by atoms with Crippen LogP contribution < -0.4 is 0 Å². The van der Waals surface area contributed by atoms with Gasteiger partial charge in [-0.05, 0) is 29.6 Å². The van der Waals surface area contributed by atoms with E-state index in [2.05, 4.69) is 12.6 Å². The highest BCUT2D eigenvalue weighted by atomic mass is 32.1.